The van der Waals surface area contributed by atoms with E-state index in [1.54, 1.807) is 12.1 Å². The lowest BCUT2D eigenvalue weighted by atomic mass is 9.74. The van der Waals surface area contributed by atoms with Crippen LogP contribution >= 0.6 is 0 Å². The molecule has 3 N–H and O–H groups in total. The highest BCUT2D eigenvalue weighted by Gasteiger charge is 2.45. The van der Waals surface area contributed by atoms with Crippen LogP contribution in [0.3, 0.4) is 0 Å². The third-order valence-corrected chi connectivity index (χ3v) is 7.01. The normalized spacial score (nSPS) is 16.2. The topological polar surface area (TPSA) is 94.1 Å². The fourth-order valence-electron chi connectivity index (χ4n) is 5.24. The van der Waals surface area contributed by atoms with Crippen molar-refractivity contribution in [1.29, 1.82) is 0 Å². The average Bonchev–Trinajstić information content (AvgIpc) is 3.19. The van der Waals surface area contributed by atoms with Gasteiger partial charge >= 0.3 is 18.5 Å². The second-order valence-corrected chi connectivity index (χ2v) is 9.32. The summed E-state index contributed by atoms with van der Waals surface area (Å²) in [7, 11) is 0. The number of nitrogens with zero attached hydrogens (tertiary/aromatic N) is 2. The first-order valence-corrected chi connectivity index (χ1v) is 12.0. The maximum absolute atomic E-state index is 12.8. The highest BCUT2D eigenvalue weighted by Crippen LogP contribution is 2.50. The van der Waals surface area contributed by atoms with E-state index >= 15 is 0 Å². The molecule has 3 aromatic rings. The quantitative estimate of drug-likeness (QED) is 0.366. The number of benzene rings is 3. The monoisotopic (exact) mass is 526 g/mol. The fourth-order valence-corrected chi connectivity index (χ4v) is 5.24. The molecule has 198 valence electrons. The number of hydrogen-bond acceptors (Lipinski definition) is 4. The van der Waals surface area contributed by atoms with Crippen molar-refractivity contribution in [3.8, 4) is 5.75 Å². The molecule has 2 aliphatic heterocycles. The molecule has 3 amide bonds. The van der Waals surface area contributed by atoms with Gasteiger partial charge in [0.25, 0.3) is 0 Å². The Balaban J connectivity index is 1.34. The second kappa shape index (κ2) is 9.81. The van der Waals surface area contributed by atoms with Crippen LogP contribution in [0.4, 0.5) is 45.5 Å². The van der Waals surface area contributed by atoms with Crippen LogP contribution in [0.1, 0.15) is 18.4 Å². The maximum Gasteiger partial charge on any atom is 0.573 e. The molecule has 11 heteroatoms. The summed E-state index contributed by atoms with van der Waals surface area (Å²) in [5, 5.41) is 14.9. The summed E-state index contributed by atoms with van der Waals surface area (Å²) in [5.41, 5.74) is 3.58. The van der Waals surface area contributed by atoms with Gasteiger partial charge in [0.1, 0.15) is 5.75 Å². The highest BCUT2D eigenvalue weighted by molar-refractivity contribution is 6.02. The molecule has 0 atom stereocenters. The van der Waals surface area contributed by atoms with E-state index in [1.165, 1.54) is 17.0 Å². The van der Waals surface area contributed by atoms with Gasteiger partial charge in [-0.25, -0.2) is 9.59 Å². The van der Waals surface area contributed by atoms with Crippen molar-refractivity contribution in [1.82, 2.24) is 4.90 Å². The number of carboxylic acid groups (broad SMARTS) is 1. The molecule has 0 bridgehead atoms. The van der Waals surface area contributed by atoms with Crippen LogP contribution in [0.2, 0.25) is 0 Å². The van der Waals surface area contributed by atoms with Gasteiger partial charge in [-0.1, -0.05) is 30.3 Å². The number of para-hydroxylation sites is 3. The molecule has 2 heterocycles. The summed E-state index contributed by atoms with van der Waals surface area (Å²) in [5.74, 6) is -0.385. The minimum absolute atomic E-state index is 0.210. The van der Waals surface area contributed by atoms with Crippen LogP contribution in [0, 0.1) is 0 Å². The molecule has 1 fully saturated rings. The molecule has 1 spiro atoms. The van der Waals surface area contributed by atoms with Crippen LogP contribution < -0.4 is 20.3 Å². The van der Waals surface area contributed by atoms with E-state index in [4.69, 9.17) is 0 Å². The number of nitrogens with one attached hydrogen (secondary N) is 2. The average molecular weight is 527 g/mol. The van der Waals surface area contributed by atoms with Gasteiger partial charge in [0, 0.05) is 36.4 Å². The van der Waals surface area contributed by atoms with Crippen molar-refractivity contribution < 1.29 is 32.6 Å². The smallest absolute Gasteiger partial charge is 0.465 e. The van der Waals surface area contributed by atoms with E-state index in [1.807, 2.05) is 30.3 Å². The molecule has 3 aromatic carbocycles. The van der Waals surface area contributed by atoms with Crippen molar-refractivity contribution in [2.75, 3.05) is 35.2 Å². The maximum atomic E-state index is 12.8. The Labute approximate surface area is 216 Å². The lowest BCUT2D eigenvalue weighted by molar-refractivity contribution is -0.274. The van der Waals surface area contributed by atoms with E-state index in [9.17, 15) is 27.9 Å². The van der Waals surface area contributed by atoms with Crippen LogP contribution in [0.25, 0.3) is 0 Å². The molecule has 0 unspecified atom stereocenters. The SMILES string of the molecule is O=C(Nc1ccc(OC(F)(F)F)cc1)Nc1ccccc1N1CC2(CCN(C(=O)O)CC2)c2ccccc21. The summed E-state index contributed by atoms with van der Waals surface area (Å²) in [6.07, 6.45) is -4.32. The number of piperidine rings is 1. The number of alkyl halides is 3. The van der Waals surface area contributed by atoms with E-state index in [0.29, 0.717) is 43.9 Å². The number of urea groups is 1. The van der Waals surface area contributed by atoms with Crippen LogP contribution in [0.5, 0.6) is 5.75 Å². The lowest BCUT2D eigenvalue weighted by Crippen LogP contribution is -2.46. The molecule has 0 radical (unpaired) electrons. The first kappa shape index (κ1) is 25.2. The van der Waals surface area contributed by atoms with Crippen LogP contribution in [0.15, 0.2) is 72.8 Å². The Bertz CT molecular complexity index is 1340. The number of amides is 3. The number of carbonyl (C=O) groups excluding carboxylic acids is 1. The molecule has 5 rings (SSSR count). The molecule has 2 aliphatic rings. The predicted octanol–water partition coefficient (Wildman–Crippen LogP) is 6.39. The Hall–Kier alpha value is -4.41. The van der Waals surface area contributed by atoms with Gasteiger partial charge in [0.15, 0.2) is 0 Å². The van der Waals surface area contributed by atoms with Crippen molar-refractivity contribution in [3.63, 3.8) is 0 Å². The minimum Gasteiger partial charge on any atom is -0.465 e. The van der Waals surface area contributed by atoms with Crippen molar-refractivity contribution in [2.24, 2.45) is 0 Å². The Kier molecular flexibility index (Phi) is 6.52. The lowest BCUT2D eigenvalue weighted by Gasteiger charge is -2.39. The van der Waals surface area contributed by atoms with Crippen molar-refractivity contribution in [3.05, 3.63) is 78.4 Å². The second-order valence-electron chi connectivity index (χ2n) is 9.32. The summed E-state index contributed by atoms with van der Waals surface area (Å²) >= 11 is 0. The number of halogens is 3. The standard InChI is InChI=1S/C27H25F3N4O4/c28-27(29,30)38-19-11-9-18(10-12-19)31-24(35)32-21-6-2-4-8-23(21)34-17-26(20-5-1-3-7-22(20)34)13-15-33(16-14-26)25(36)37/h1-12H,13-17H2,(H,36,37)(H2,31,32,35). The largest absolute Gasteiger partial charge is 0.573 e. The summed E-state index contributed by atoms with van der Waals surface area (Å²) in [4.78, 5) is 27.8. The predicted molar refractivity (Wildman–Crippen MR) is 136 cm³/mol. The van der Waals surface area contributed by atoms with Gasteiger partial charge in [0.2, 0.25) is 0 Å². The molecular formula is C27H25F3N4O4. The number of anilines is 4. The zero-order valence-electron chi connectivity index (χ0n) is 20.2. The molecule has 0 aromatic heterocycles. The third kappa shape index (κ3) is 5.17. The van der Waals surface area contributed by atoms with Gasteiger partial charge in [-0.3, -0.25) is 0 Å². The zero-order chi connectivity index (χ0) is 26.9. The Morgan fingerprint density at radius 3 is 2.16 bits per heavy atom. The van der Waals surface area contributed by atoms with Gasteiger partial charge in [-0.2, -0.15) is 0 Å². The Morgan fingerprint density at radius 1 is 0.868 bits per heavy atom. The van der Waals surface area contributed by atoms with Gasteiger partial charge < -0.3 is 30.3 Å². The molecule has 0 saturated carbocycles. The van der Waals surface area contributed by atoms with Gasteiger partial charge in [-0.15, -0.1) is 13.2 Å². The molecule has 8 nitrogen and oxygen atoms in total. The van der Waals surface area contributed by atoms with Gasteiger partial charge in [0.05, 0.1) is 11.4 Å². The summed E-state index contributed by atoms with van der Waals surface area (Å²) in [6, 6.07) is 19.7. The molecule has 38 heavy (non-hydrogen) atoms. The van der Waals surface area contributed by atoms with E-state index < -0.39 is 18.5 Å². The summed E-state index contributed by atoms with van der Waals surface area (Å²) in [6.45, 7) is 1.54. The van der Waals surface area contributed by atoms with Crippen LogP contribution in [-0.2, 0) is 5.41 Å². The third-order valence-electron chi connectivity index (χ3n) is 7.01. The molecule has 1 saturated heterocycles. The first-order chi connectivity index (χ1) is 18.1. The highest BCUT2D eigenvalue weighted by atomic mass is 19.4. The van der Waals surface area contributed by atoms with Gasteiger partial charge in [-0.05, 0) is 60.9 Å². The van der Waals surface area contributed by atoms with E-state index in [0.717, 1.165) is 29.1 Å². The number of rotatable bonds is 4. The fraction of sp³-hybridized carbons (Fsp3) is 0.259. The number of carbonyl (C=O) groups is 2. The number of hydrogen-bond donors (Lipinski definition) is 3. The molecular weight excluding hydrogens is 501 g/mol. The number of likely N-dealkylation sites (tertiary alicyclic amines) is 1. The van der Waals surface area contributed by atoms with Crippen LogP contribution in [-0.4, -0.2) is 48.1 Å². The molecule has 0 aliphatic carbocycles. The Morgan fingerprint density at radius 2 is 1.50 bits per heavy atom. The minimum atomic E-state index is -4.80. The van der Waals surface area contributed by atoms with E-state index in [2.05, 4.69) is 26.3 Å². The van der Waals surface area contributed by atoms with E-state index in [-0.39, 0.29) is 11.2 Å². The summed E-state index contributed by atoms with van der Waals surface area (Å²) < 4.78 is 41.0. The first-order valence-electron chi connectivity index (χ1n) is 12.0. The van der Waals surface area contributed by atoms with Crippen molar-refractivity contribution in [2.45, 2.75) is 24.6 Å². The zero-order valence-corrected chi connectivity index (χ0v) is 20.2. The number of fused-ring (bicyclic) bond motifs is 2. The number of ether oxygens (including phenoxy) is 1. The van der Waals surface area contributed by atoms with Crippen molar-refractivity contribution >= 4 is 34.9 Å².